The van der Waals surface area contributed by atoms with E-state index in [2.05, 4.69) is 0 Å². The first-order chi connectivity index (χ1) is 13.4. The Kier molecular flexibility index (Phi) is 6.01. The summed E-state index contributed by atoms with van der Waals surface area (Å²) >= 11 is 11.8. The highest BCUT2D eigenvalue weighted by atomic mass is 35.5. The number of rotatable bonds is 5. The average molecular weight is 481 g/mol. The zero-order chi connectivity index (χ0) is 21.6. The van der Waals surface area contributed by atoms with Crippen molar-refractivity contribution in [1.29, 1.82) is 0 Å². The Morgan fingerprint density at radius 2 is 1.31 bits per heavy atom. The second kappa shape index (κ2) is 7.89. The van der Waals surface area contributed by atoms with Crippen molar-refractivity contribution in [1.82, 2.24) is 13.2 Å². The molecule has 9 nitrogen and oxygen atoms in total. The van der Waals surface area contributed by atoms with Crippen molar-refractivity contribution in [3.05, 3.63) is 46.2 Å². The highest BCUT2D eigenvalue weighted by molar-refractivity contribution is 7.89. The van der Waals surface area contributed by atoms with E-state index < -0.39 is 26.0 Å². The minimum absolute atomic E-state index is 0.0405. The predicted molar refractivity (Wildman–Crippen MR) is 108 cm³/mol. The van der Waals surface area contributed by atoms with E-state index in [4.69, 9.17) is 28.9 Å². The van der Waals surface area contributed by atoms with Gasteiger partial charge in [0.05, 0.1) is 4.90 Å². The molecule has 0 radical (unpaired) electrons. The van der Waals surface area contributed by atoms with E-state index in [1.54, 1.807) is 0 Å². The van der Waals surface area contributed by atoms with Crippen LogP contribution in [0.3, 0.4) is 0 Å². The number of hydrogen-bond acceptors (Lipinski definition) is 5. The number of aryl methyl sites for hydroxylation is 1. The van der Waals surface area contributed by atoms with E-state index >= 15 is 0 Å². The molecule has 13 heteroatoms. The third-order valence-electron chi connectivity index (χ3n) is 4.54. The highest BCUT2D eigenvalue weighted by Gasteiger charge is 2.34. The summed E-state index contributed by atoms with van der Waals surface area (Å²) in [5, 5.41) is 0.373. The predicted octanol–water partition coefficient (Wildman–Crippen LogP) is 1.13. The summed E-state index contributed by atoms with van der Waals surface area (Å²) in [6, 6.07) is 5.21. The number of carbonyl (C=O) groups excluding carboxylic acids is 1. The van der Waals surface area contributed by atoms with Gasteiger partial charge in [-0.3, -0.25) is 4.79 Å². The number of carbonyl (C=O) groups is 1. The average Bonchev–Trinajstić information content (AvgIpc) is 3.04. The molecule has 1 saturated heterocycles. The van der Waals surface area contributed by atoms with Crippen LogP contribution in [0.15, 0.2) is 40.3 Å². The lowest BCUT2D eigenvalue weighted by Crippen LogP contribution is -2.50. The quantitative estimate of drug-likeness (QED) is 0.686. The third-order valence-corrected chi connectivity index (χ3v) is 8.72. The molecule has 2 N–H and O–H groups in total. The van der Waals surface area contributed by atoms with Gasteiger partial charge in [-0.15, -0.1) is 0 Å². The molecule has 1 fully saturated rings. The van der Waals surface area contributed by atoms with E-state index in [1.165, 1.54) is 50.7 Å². The summed E-state index contributed by atoms with van der Waals surface area (Å²) in [6.45, 7) is -0.171. The molecule has 1 aliphatic rings. The van der Waals surface area contributed by atoms with Crippen LogP contribution >= 0.6 is 23.2 Å². The smallest absolute Gasteiger partial charge is 0.265 e. The van der Waals surface area contributed by atoms with E-state index in [0.29, 0.717) is 0 Å². The lowest BCUT2D eigenvalue weighted by molar-refractivity contribution is 0.0992. The lowest BCUT2D eigenvalue weighted by atomic mass is 10.4. The Morgan fingerprint density at radius 3 is 1.72 bits per heavy atom. The molecule has 1 aliphatic heterocycles. The molecule has 0 spiro atoms. The second-order valence-corrected chi connectivity index (χ2v) is 11.2. The van der Waals surface area contributed by atoms with Gasteiger partial charge in [0.15, 0.2) is 0 Å². The Labute approximate surface area is 178 Å². The van der Waals surface area contributed by atoms with Gasteiger partial charge in [-0.2, -0.15) is 8.61 Å². The summed E-state index contributed by atoms with van der Waals surface area (Å²) in [4.78, 5) is 11.2. The van der Waals surface area contributed by atoms with Gasteiger partial charge in [0.25, 0.3) is 5.91 Å². The van der Waals surface area contributed by atoms with Crippen molar-refractivity contribution < 1.29 is 21.6 Å². The molecular weight excluding hydrogens is 463 g/mol. The molecule has 1 aromatic carbocycles. The monoisotopic (exact) mass is 480 g/mol. The van der Waals surface area contributed by atoms with Crippen LogP contribution in [-0.4, -0.2) is 62.1 Å². The molecule has 1 amide bonds. The van der Waals surface area contributed by atoms with E-state index in [-0.39, 0.29) is 51.7 Å². The number of amides is 1. The van der Waals surface area contributed by atoms with E-state index in [0.717, 1.165) is 0 Å². The fraction of sp³-hybridized carbons (Fsp3) is 0.312. The van der Waals surface area contributed by atoms with Gasteiger partial charge in [0.1, 0.15) is 10.6 Å². The van der Waals surface area contributed by atoms with Gasteiger partial charge >= 0.3 is 0 Å². The van der Waals surface area contributed by atoms with Crippen molar-refractivity contribution in [2.24, 2.45) is 12.8 Å². The zero-order valence-corrected chi connectivity index (χ0v) is 18.4. The molecule has 2 aromatic rings. The fourth-order valence-corrected chi connectivity index (χ4v) is 6.69. The van der Waals surface area contributed by atoms with Gasteiger partial charge in [-0.05, 0) is 24.3 Å². The molecule has 1 aromatic heterocycles. The van der Waals surface area contributed by atoms with E-state index in [9.17, 15) is 21.6 Å². The first kappa shape index (κ1) is 22.1. The number of piperazine rings is 1. The topological polar surface area (TPSA) is 123 Å². The summed E-state index contributed by atoms with van der Waals surface area (Å²) in [5.41, 5.74) is 5.29. The summed E-state index contributed by atoms with van der Waals surface area (Å²) < 4.78 is 55.0. The van der Waals surface area contributed by atoms with Crippen LogP contribution in [0.1, 0.15) is 10.5 Å². The number of nitrogens with zero attached hydrogens (tertiary/aromatic N) is 3. The van der Waals surface area contributed by atoms with Crippen LogP contribution in [-0.2, 0) is 27.1 Å². The molecule has 0 saturated carbocycles. The Hall–Kier alpha value is -1.63. The molecule has 0 atom stereocenters. The van der Waals surface area contributed by atoms with Gasteiger partial charge in [0, 0.05) is 49.5 Å². The maximum absolute atomic E-state index is 12.8. The number of halogens is 2. The van der Waals surface area contributed by atoms with Crippen LogP contribution in [0.5, 0.6) is 0 Å². The van der Waals surface area contributed by atoms with Gasteiger partial charge in [-0.25, -0.2) is 16.8 Å². The van der Waals surface area contributed by atoms with Crippen molar-refractivity contribution in [2.45, 2.75) is 9.79 Å². The minimum Gasteiger partial charge on any atom is -0.364 e. The largest absolute Gasteiger partial charge is 0.364 e. The second-order valence-electron chi connectivity index (χ2n) is 6.45. The number of hydrogen-bond donors (Lipinski definition) is 1. The molecule has 0 bridgehead atoms. The first-order valence-electron chi connectivity index (χ1n) is 8.35. The first-order valence-corrected chi connectivity index (χ1v) is 12.0. The summed E-state index contributed by atoms with van der Waals surface area (Å²) in [5.74, 6) is -0.745. The third kappa shape index (κ3) is 4.30. The molecular formula is C16H18Cl2N4O5S2. The number of aromatic nitrogens is 1. The summed E-state index contributed by atoms with van der Waals surface area (Å²) in [7, 11) is -6.27. The SMILES string of the molecule is Cn1cc(S(=O)(=O)N2CCN(S(=O)(=O)c3cc(Cl)cc(Cl)c3)CC2)cc1C(N)=O. The van der Waals surface area contributed by atoms with Crippen LogP contribution < -0.4 is 5.73 Å². The number of sulfonamides is 2. The molecule has 158 valence electrons. The van der Waals surface area contributed by atoms with Gasteiger partial charge in [-0.1, -0.05) is 23.2 Å². The normalized spacial score (nSPS) is 16.8. The van der Waals surface area contributed by atoms with Crippen molar-refractivity contribution in [2.75, 3.05) is 26.2 Å². The van der Waals surface area contributed by atoms with Crippen molar-refractivity contribution in [3.63, 3.8) is 0 Å². The van der Waals surface area contributed by atoms with Crippen molar-refractivity contribution in [3.8, 4) is 0 Å². The van der Waals surface area contributed by atoms with Crippen LogP contribution in [0.25, 0.3) is 0 Å². The fourth-order valence-electron chi connectivity index (χ4n) is 3.05. The molecule has 29 heavy (non-hydrogen) atoms. The zero-order valence-electron chi connectivity index (χ0n) is 15.2. The van der Waals surface area contributed by atoms with Crippen LogP contribution in [0, 0.1) is 0 Å². The Bertz CT molecular complexity index is 1150. The standard InChI is InChI=1S/C16H18Cl2N4O5S2/c1-20-10-14(9-15(20)16(19)23)29(26,27)22-4-2-21(3-5-22)28(24,25)13-7-11(17)6-12(18)8-13/h6-10H,2-5H2,1H3,(H2,19,23). The maximum Gasteiger partial charge on any atom is 0.265 e. The number of nitrogens with two attached hydrogens (primary N) is 1. The van der Waals surface area contributed by atoms with Gasteiger partial charge in [0.2, 0.25) is 20.0 Å². The van der Waals surface area contributed by atoms with Crippen molar-refractivity contribution >= 4 is 49.2 Å². The highest BCUT2D eigenvalue weighted by Crippen LogP contribution is 2.27. The number of benzene rings is 1. The molecule has 0 unspecified atom stereocenters. The van der Waals surface area contributed by atoms with Crippen LogP contribution in [0.2, 0.25) is 10.0 Å². The maximum atomic E-state index is 12.8. The molecule has 3 rings (SSSR count). The molecule has 2 heterocycles. The number of primary amides is 1. The Balaban J connectivity index is 1.79. The van der Waals surface area contributed by atoms with E-state index in [1.807, 2.05) is 0 Å². The lowest BCUT2D eigenvalue weighted by Gasteiger charge is -2.33. The molecule has 0 aliphatic carbocycles. The Morgan fingerprint density at radius 1 is 0.862 bits per heavy atom. The minimum atomic E-state index is -3.90. The van der Waals surface area contributed by atoms with Gasteiger partial charge < -0.3 is 10.3 Å². The van der Waals surface area contributed by atoms with Crippen LogP contribution in [0.4, 0.5) is 0 Å². The summed E-state index contributed by atoms with van der Waals surface area (Å²) in [6.07, 6.45) is 1.30.